The van der Waals surface area contributed by atoms with Crippen LogP contribution in [0.4, 0.5) is 13.2 Å². The predicted octanol–water partition coefficient (Wildman–Crippen LogP) is 2.14. The van der Waals surface area contributed by atoms with Crippen LogP contribution in [0, 0.1) is 0 Å². The van der Waals surface area contributed by atoms with Crippen LogP contribution in [0.2, 0.25) is 0 Å². The normalized spacial score (nSPS) is 22.0. The molecule has 0 saturated carbocycles. The summed E-state index contributed by atoms with van der Waals surface area (Å²) < 4.78 is 74.4. The minimum Gasteiger partial charge on any atom is -0.348 e. The molecule has 2 rings (SSSR count). The minimum atomic E-state index is -4.50. The van der Waals surface area contributed by atoms with Gasteiger partial charge in [-0.05, 0) is 38.1 Å². The lowest BCUT2D eigenvalue weighted by atomic mass is 10.2. The average molecular weight is 339 g/mol. The zero-order valence-corrected chi connectivity index (χ0v) is 12.8. The van der Waals surface area contributed by atoms with Crippen molar-refractivity contribution >= 4 is 10.0 Å². The van der Waals surface area contributed by atoms with E-state index >= 15 is 0 Å². The van der Waals surface area contributed by atoms with Crippen LogP contribution < -0.4 is 4.72 Å². The van der Waals surface area contributed by atoms with E-state index < -0.39 is 33.7 Å². The van der Waals surface area contributed by atoms with Crippen molar-refractivity contribution in [1.82, 2.24) is 4.72 Å². The number of sulfonamides is 1. The van der Waals surface area contributed by atoms with Crippen LogP contribution in [0.3, 0.4) is 0 Å². The van der Waals surface area contributed by atoms with E-state index in [2.05, 4.69) is 4.72 Å². The molecule has 0 aromatic heterocycles. The van der Waals surface area contributed by atoms with Crippen LogP contribution >= 0.6 is 0 Å². The Morgan fingerprint density at radius 1 is 1.27 bits per heavy atom. The molecule has 22 heavy (non-hydrogen) atoms. The molecule has 1 aliphatic rings. The number of hydrogen-bond acceptors (Lipinski definition) is 4. The van der Waals surface area contributed by atoms with Crippen LogP contribution in [0.25, 0.3) is 0 Å². The van der Waals surface area contributed by atoms with Crippen molar-refractivity contribution in [3.8, 4) is 0 Å². The molecular formula is C13H16F3NO4S. The number of alkyl halides is 3. The first kappa shape index (κ1) is 17.2. The van der Waals surface area contributed by atoms with Crippen LogP contribution in [-0.2, 0) is 25.7 Å². The van der Waals surface area contributed by atoms with Crippen molar-refractivity contribution in [1.29, 1.82) is 0 Å². The van der Waals surface area contributed by atoms with Gasteiger partial charge in [-0.1, -0.05) is 0 Å². The third-order valence-electron chi connectivity index (χ3n) is 3.06. The summed E-state index contributed by atoms with van der Waals surface area (Å²) in [5.74, 6) is -0.773. The van der Waals surface area contributed by atoms with Gasteiger partial charge in [0.1, 0.15) is 0 Å². The van der Waals surface area contributed by atoms with Gasteiger partial charge in [-0.3, -0.25) is 0 Å². The smallest absolute Gasteiger partial charge is 0.348 e. The highest BCUT2D eigenvalue weighted by atomic mass is 32.2. The zero-order valence-electron chi connectivity index (χ0n) is 12.0. The molecule has 0 amide bonds. The van der Waals surface area contributed by atoms with E-state index in [1.165, 1.54) is 0 Å². The number of ether oxygens (including phenoxy) is 2. The summed E-state index contributed by atoms with van der Waals surface area (Å²) in [6.45, 7) is 3.63. The molecule has 1 saturated heterocycles. The molecule has 0 bridgehead atoms. The van der Waals surface area contributed by atoms with Crippen molar-refractivity contribution in [3.05, 3.63) is 29.8 Å². The second kappa shape index (κ2) is 5.80. The largest absolute Gasteiger partial charge is 0.416 e. The predicted molar refractivity (Wildman–Crippen MR) is 71.5 cm³/mol. The van der Waals surface area contributed by atoms with E-state index in [4.69, 9.17) is 9.47 Å². The Morgan fingerprint density at radius 2 is 1.86 bits per heavy atom. The maximum atomic E-state index is 12.4. The molecule has 9 heteroatoms. The number of halogens is 3. The molecule has 1 fully saturated rings. The van der Waals surface area contributed by atoms with E-state index in [1.54, 1.807) is 13.8 Å². The molecule has 0 radical (unpaired) electrons. The summed E-state index contributed by atoms with van der Waals surface area (Å²) in [4.78, 5) is -0.237. The summed E-state index contributed by atoms with van der Waals surface area (Å²) in [6.07, 6.45) is -4.95. The van der Waals surface area contributed by atoms with Crippen molar-refractivity contribution in [3.63, 3.8) is 0 Å². The topological polar surface area (TPSA) is 64.6 Å². The molecule has 1 atom stereocenters. The van der Waals surface area contributed by atoms with Gasteiger partial charge in [0.05, 0.1) is 23.2 Å². The Bertz CT molecular complexity index is 626. The van der Waals surface area contributed by atoms with Crippen molar-refractivity contribution < 1.29 is 31.1 Å². The first-order chi connectivity index (χ1) is 10.00. The number of rotatable bonds is 4. The van der Waals surface area contributed by atoms with Gasteiger partial charge in [-0.25, -0.2) is 13.1 Å². The second-order valence-corrected chi connectivity index (χ2v) is 7.09. The summed E-state index contributed by atoms with van der Waals surface area (Å²) in [5.41, 5.74) is -0.902. The fraction of sp³-hybridized carbons (Fsp3) is 0.538. The first-order valence-electron chi connectivity index (χ1n) is 6.48. The zero-order chi connectivity index (χ0) is 16.6. The fourth-order valence-electron chi connectivity index (χ4n) is 1.97. The van der Waals surface area contributed by atoms with Crippen molar-refractivity contribution in [2.45, 2.75) is 36.8 Å². The van der Waals surface area contributed by atoms with Crippen molar-refractivity contribution in [2.75, 3.05) is 13.2 Å². The molecule has 1 aromatic rings. The van der Waals surface area contributed by atoms with Gasteiger partial charge in [-0.2, -0.15) is 13.2 Å². The van der Waals surface area contributed by atoms with Gasteiger partial charge >= 0.3 is 6.18 Å². The summed E-state index contributed by atoms with van der Waals surface area (Å²) >= 11 is 0. The number of hydrogen-bond donors (Lipinski definition) is 1. The average Bonchev–Trinajstić information content (AvgIpc) is 2.75. The third-order valence-corrected chi connectivity index (χ3v) is 4.50. The molecule has 124 valence electrons. The standard InChI is InChI=1S/C13H16F3NO4S/c1-12(2)20-8-10(21-12)7-17-22(18,19)11-5-3-9(4-6-11)13(14,15)16/h3-6,10,17H,7-8H2,1-2H3. The van der Waals surface area contributed by atoms with Gasteiger partial charge in [0.25, 0.3) is 0 Å². The lowest BCUT2D eigenvalue weighted by Crippen LogP contribution is -2.34. The van der Waals surface area contributed by atoms with E-state index in [-0.39, 0.29) is 18.0 Å². The highest BCUT2D eigenvalue weighted by molar-refractivity contribution is 7.89. The molecular weight excluding hydrogens is 323 g/mol. The van der Waals surface area contributed by atoms with E-state index in [0.717, 1.165) is 24.3 Å². The van der Waals surface area contributed by atoms with Gasteiger partial charge in [0, 0.05) is 6.54 Å². The van der Waals surface area contributed by atoms with Crippen LogP contribution in [0.15, 0.2) is 29.2 Å². The maximum Gasteiger partial charge on any atom is 0.416 e. The summed E-state index contributed by atoms with van der Waals surface area (Å²) in [7, 11) is -3.90. The van der Waals surface area contributed by atoms with E-state index in [9.17, 15) is 21.6 Å². The molecule has 1 aromatic carbocycles. The highest BCUT2D eigenvalue weighted by Crippen LogP contribution is 2.29. The first-order valence-corrected chi connectivity index (χ1v) is 7.97. The second-order valence-electron chi connectivity index (χ2n) is 5.32. The molecule has 1 unspecified atom stereocenters. The van der Waals surface area contributed by atoms with Crippen molar-refractivity contribution in [2.24, 2.45) is 0 Å². The Kier molecular flexibility index (Phi) is 4.54. The maximum absolute atomic E-state index is 12.4. The highest BCUT2D eigenvalue weighted by Gasteiger charge is 2.34. The monoisotopic (exact) mass is 339 g/mol. The number of nitrogens with one attached hydrogen (secondary N) is 1. The van der Waals surface area contributed by atoms with Gasteiger partial charge < -0.3 is 9.47 Å². The van der Waals surface area contributed by atoms with Gasteiger partial charge in [0.2, 0.25) is 10.0 Å². The molecule has 0 spiro atoms. The molecule has 1 N–H and O–H groups in total. The molecule has 0 aliphatic carbocycles. The van der Waals surface area contributed by atoms with Crippen LogP contribution in [0.1, 0.15) is 19.4 Å². The van der Waals surface area contributed by atoms with E-state index in [0.29, 0.717) is 0 Å². The van der Waals surface area contributed by atoms with Crippen LogP contribution in [0.5, 0.6) is 0 Å². The van der Waals surface area contributed by atoms with Gasteiger partial charge in [0.15, 0.2) is 5.79 Å². The lowest BCUT2D eigenvalue weighted by molar-refractivity contribution is -0.138. The summed E-state index contributed by atoms with van der Waals surface area (Å²) in [5, 5.41) is 0. The Morgan fingerprint density at radius 3 is 2.32 bits per heavy atom. The number of benzene rings is 1. The molecule has 1 aliphatic heterocycles. The lowest BCUT2D eigenvalue weighted by Gasteiger charge is -2.17. The van der Waals surface area contributed by atoms with Gasteiger partial charge in [-0.15, -0.1) is 0 Å². The molecule has 1 heterocycles. The Balaban J connectivity index is 2.02. The quantitative estimate of drug-likeness (QED) is 0.913. The van der Waals surface area contributed by atoms with Crippen LogP contribution in [-0.4, -0.2) is 33.5 Å². The van der Waals surface area contributed by atoms with E-state index in [1.807, 2.05) is 0 Å². The fourth-order valence-corrected chi connectivity index (χ4v) is 3.04. The molecule has 5 nitrogen and oxygen atoms in total. The minimum absolute atomic E-state index is 0.0210. The third kappa shape index (κ3) is 4.19. The Labute approximate surface area is 126 Å². The SMILES string of the molecule is CC1(C)OCC(CNS(=O)(=O)c2ccc(C(F)(F)F)cc2)O1. The summed E-state index contributed by atoms with van der Waals surface area (Å²) in [6, 6.07) is 3.29. The Hall–Kier alpha value is -1.16.